The van der Waals surface area contributed by atoms with Crippen molar-refractivity contribution < 1.29 is 23.9 Å². The number of hydrogen-bond acceptors (Lipinski definition) is 7. The number of ether oxygens (including phenoxy) is 2. The number of amides is 2. The van der Waals surface area contributed by atoms with E-state index in [0.717, 1.165) is 48.9 Å². The summed E-state index contributed by atoms with van der Waals surface area (Å²) >= 11 is 0. The lowest BCUT2D eigenvalue weighted by Crippen LogP contribution is -2.39. The Morgan fingerprint density at radius 2 is 1.95 bits per heavy atom. The SMILES string of the molecule is C[Si](C)(C)CCOCN1C(=O)CC[C@H]1COc1cc2nn(C3CCC(C=O)CC3)cc2cc1NC(=O)c1ccccn1. The fraction of sp³-hybridized carbons (Fsp3) is 0.516. The summed E-state index contributed by atoms with van der Waals surface area (Å²) in [6, 6.07) is 10.1. The van der Waals surface area contributed by atoms with Crippen LogP contribution in [-0.4, -0.2) is 71.8 Å². The molecule has 1 aromatic carbocycles. The summed E-state index contributed by atoms with van der Waals surface area (Å²) in [5, 5.41) is 8.69. The summed E-state index contributed by atoms with van der Waals surface area (Å²) in [5.41, 5.74) is 1.58. The highest BCUT2D eigenvalue weighted by molar-refractivity contribution is 6.76. The van der Waals surface area contributed by atoms with Crippen molar-refractivity contribution in [3.05, 3.63) is 48.4 Å². The zero-order valence-electron chi connectivity index (χ0n) is 24.8. The maximum Gasteiger partial charge on any atom is 0.274 e. The van der Waals surface area contributed by atoms with E-state index in [2.05, 4.69) is 29.9 Å². The van der Waals surface area contributed by atoms with Crippen LogP contribution in [0.4, 0.5) is 5.69 Å². The second kappa shape index (κ2) is 13.2. The Balaban J connectivity index is 1.33. The van der Waals surface area contributed by atoms with Gasteiger partial charge in [0.05, 0.1) is 23.3 Å². The van der Waals surface area contributed by atoms with Gasteiger partial charge in [0.2, 0.25) is 5.91 Å². The van der Waals surface area contributed by atoms with Gasteiger partial charge < -0.3 is 24.5 Å². The zero-order valence-corrected chi connectivity index (χ0v) is 25.8. The lowest BCUT2D eigenvalue weighted by molar-refractivity contribution is -0.135. The van der Waals surface area contributed by atoms with Crippen molar-refractivity contribution in [2.24, 2.45) is 5.92 Å². The Hall–Kier alpha value is -3.57. The van der Waals surface area contributed by atoms with Crippen LogP contribution in [0.1, 0.15) is 55.1 Å². The number of benzene rings is 1. The van der Waals surface area contributed by atoms with Crippen molar-refractivity contribution in [1.82, 2.24) is 19.7 Å². The van der Waals surface area contributed by atoms with Crippen molar-refractivity contribution in [2.75, 3.05) is 25.3 Å². The molecule has 3 heterocycles. The molecule has 11 heteroatoms. The summed E-state index contributed by atoms with van der Waals surface area (Å²) in [7, 11) is -1.22. The second-order valence-corrected chi connectivity index (χ2v) is 18.2. The summed E-state index contributed by atoms with van der Waals surface area (Å²) in [6.07, 6.45) is 9.31. The quantitative estimate of drug-likeness (QED) is 0.173. The highest BCUT2D eigenvalue weighted by Gasteiger charge is 2.32. The van der Waals surface area contributed by atoms with Gasteiger partial charge in [-0.05, 0) is 56.3 Å². The van der Waals surface area contributed by atoms with Gasteiger partial charge in [-0.25, -0.2) is 0 Å². The van der Waals surface area contributed by atoms with Crippen molar-refractivity contribution in [3.8, 4) is 5.75 Å². The average Bonchev–Trinajstić information content (AvgIpc) is 3.56. The Labute approximate surface area is 247 Å². The first kappa shape index (κ1) is 29.9. The molecule has 5 rings (SSSR count). The number of carbonyl (C=O) groups excluding carboxylic acids is 3. The van der Waals surface area contributed by atoms with E-state index in [-0.39, 0.29) is 43.2 Å². The molecule has 1 N–H and O–H groups in total. The van der Waals surface area contributed by atoms with Crippen LogP contribution in [0, 0.1) is 5.92 Å². The minimum absolute atomic E-state index is 0.0683. The van der Waals surface area contributed by atoms with E-state index in [9.17, 15) is 14.4 Å². The summed E-state index contributed by atoms with van der Waals surface area (Å²) < 4.78 is 14.2. The molecule has 3 aromatic rings. The van der Waals surface area contributed by atoms with E-state index < -0.39 is 8.07 Å². The molecule has 10 nitrogen and oxygen atoms in total. The maximum atomic E-state index is 13.0. The first-order valence-corrected chi connectivity index (χ1v) is 18.6. The van der Waals surface area contributed by atoms with E-state index in [4.69, 9.17) is 14.6 Å². The molecule has 2 aliphatic rings. The summed E-state index contributed by atoms with van der Waals surface area (Å²) in [6.45, 7) is 8.09. The highest BCUT2D eigenvalue weighted by Crippen LogP contribution is 2.35. The predicted molar refractivity (Wildman–Crippen MR) is 163 cm³/mol. The number of aromatic nitrogens is 3. The molecule has 1 saturated heterocycles. The molecule has 0 spiro atoms. The third kappa shape index (κ3) is 7.43. The molecule has 2 aromatic heterocycles. The molecule has 1 aliphatic carbocycles. The van der Waals surface area contributed by atoms with Crippen molar-refractivity contribution >= 4 is 42.8 Å². The Morgan fingerprint density at radius 3 is 2.67 bits per heavy atom. The molecular weight excluding hydrogens is 550 g/mol. The predicted octanol–water partition coefficient (Wildman–Crippen LogP) is 5.30. The second-order valence-electron chi connectivity index (χ2n) is 12.6. The van der Waals surface area contributed by atoms with Crippen LogP contribution in [0.3, 0.4) is 0 Å². The van der Waals surface area contributed by atoms with Crippen molar-refractivity contribution in [1.29, 1.82) is 0 Å². The van der Waals surface area contributed by atoms with Crippen molar-refractivity contribution in [2.45, 2.75) is 76.3 Å². The van der Waals surface area contributed by atoms with Gasteiger partial charge in [-0.1, -0.05) is 25.7 Å². The van der Waals surface area contributed by atoms with E-state index in [1.54, 1.807) is 29.3 Å². The largest absolute Gasteiger partial charge is 0.489 e. The molecule has 42 heavy (non-hydrogen) atoms. The molecule has 2 amide bonds. The number of rotatable bonds is 12. The molecule has 224 valence electrons. The molecule has 0 radical (unpaired) electrons. The Bertz CT molecular complexity index is 1400. The van der Waals surface area contributed by atoms with E-state index in [1.807, 2.05) is 23.0 Å². The van der Waals surface area contributed by atoms with E-state index >= 15 is 0 Å². The molecule has 0 bridgehead atoms. The summed E-state index contributed by atoms with van der Waals surface area (Å²) in [5.74, 6) is 0.347. The van der Waals surface area contributed by atoms with Crippen LogP contribution in [0.2, 0.25) is 25.7 Å². The Kier molecular flexibility index (Phi) is 9.37. The molecule has 2 fully saturated rings. The fourth-order valence-electron chi connectivity index (χ4n) is 5.53. The number of anilines is 1. The van der Waals surface area contributed by atoms with Gasteiger partial charge in [-0.3, -0.25) is 19.3 Å². The van der Waals surface area contributed by atoms with Crippen LogP contribution in [0.5, 0.6) is 5.75 Å². The molecule has 1 saturated carbocycles. The number of nitrogens with zero attached hydrogens (tertiary/aromatic N) is 4. The number of carbonyl (C=O) groups is 3. The maximum absolute atomic E-state index is 13.0. The van der Waals surface area contributed by atoms with Gasteiger partial charge >= 0.3 is 0 Å². The van der Waals surface area contributed by atoms with Crippen LogP contribution in [0.25, 0.3) is 10.9 Å². The number of likely N-dealkylation sites (tertiary alicyclic amines) is 1. The number of nitrogens with one attached hydrogen (secondary N) is 1. The smallest absolute Gasteiger partial charge is 0.274 e. The van der Waals surface area contributed by atoms with E-state index in [1.165, 1.54) is 0 Å². The monoisotopic (exact) mass is 591 g/mol. The number of aldehydes is 1. The number of pyridine rings is 1. The third-order valence-electron chi connectivity index (χ3n) is 8.19. The Morgan fingerprint density at radius 1 is 1.14 bits per heavy atom. The first-order valence-electron chi connectivity index (χ1n) is 14.9. The normalized spacial score (nSPS) is 21.1. The van der Waals surface area contributed by atoms with Crippen molar-refractivity contribution in [3.63, 3.8) is 0 Å². The van der Waals surface area contributed by atoms with Crippen LogP contribution in [0.15, 0.2) is 42.7 Å². The van der Waals surface area contributed by atoms with Gasteiger partial charge in [-0.15, -0.1) is 0 Å². The standard InChI is InChI=1S/C31H41N5O5Si/c1-42(2,3)15-14-40-21-35-25(11-12-30(35)38)20-41-29-17-27-23(16-28(29)33-31(39)26-6-4-5-13-32-26)18-36(34-27)24-9-7-22(19-37)8-10-24/h4-6,13,16-19,22,24-25H,7-12,14-15,20-21H2,1-3H3,(H,33,39)/t22?,24?,25-/m0/s1. The number of fused-ring (bicyclic) bond motifs is 1. The van der Waals surface area contributed by atoms with Crippen LogP contribution >= 0.6 is 0 Å². The van der Waals surface area contributed by atoms with Crippen LogP contribution in [-0.2, 0) is 14.3 Å². The van der Waals surface area contributed by atoms with Gasteiger partial charge in [0.25, 0.3) is 5.91 Å². The third-order valence-corrected chi connectivity index (χ3v) is 9.89. The average molecular weight is 592 g/mol. The molecule has 1 aliphatic heterocycles. The fourth-order valence-corrected chi connectivity index (χ4v) is 6.29. The number of hydrogen-bond donors (Lipinski definition) is 1. The highest BCUT2D eigenvalue weighted by atomic mass is 28.3. The lowest BCUT2D eigenvalue weighted by Gasteiger charge is -2.26. The minimum Gasteiger partial charge on any atom is -0.489 e. The van der Waals surface area contributed by atoms with E-state index in [0.29, 0.717) is 36.6 Å². The first-order chi connectivity index (χ1) is 20.2. The lowest BCUT2D eigenvalue weighted by atomic mass is 9.87. The molecule has 0 unspecified atom stereocenters. The van der Waals surface area contributed by atoms with Crippen LogP contribution < -0.4 is 10.1 Å². The molecular formula is C31H41N5O5Si. The zero-order chi connectivity index (χ0) is 29.7. The van der Waals surface area contributed by atoms with Gasteiger partial charge in [0, 0.05) is 50.9 Å². The van der Waals surface area contributed by atoms with Gasteiger partial charge in [0.15, 0.2) is 0 Å². The minimum atomic E-state index is -1.22. The topological polar surface area (TPSA) is 116 Å². The molecule has 1 atom stereocenters. The van der Waals surface area contributed by atoms with Gasteiger partial charge in [-0.2, -0.15) is 5.10 Å². The van der Waals surface area contributed by atoms with Gasteiger partial charge in [0.1, 0.15) is 31.1 Å². The summed E-state index contributed by atoms with van der Waals surface area (Å²) in [4.78, 5) is 42.8.